The van der Waals surface area contributed by atoms with Gasteiger partial charge in [0, 0.05) is 23.1 Å². The Morgan fingerprint density at radius 3 is 2.71 bits per heavy atom. The number of halogens is 1. The van der Waals surface area contributed by atoms with Gasteiger partial charge in [0.05, 0.1) is 11.2 Å². The van der Waals surface area contributed by atoms with E-state index in [1.165, 1.54) is 0 Å². The van der Waals surface area contributed by atoms with Crippen LogP contribution in [0.4, 0.5) is 5.69 Å². The van der Waals surface area contributed by atoms with Crippen LogP contribution in [-0.4, -0.2) is 30.2 Å². The summed E-state index contributed by atoms with van der Waals surface area (Å²) < 4.78 is 1.08. The van der Waals surface area contributed by atoms with Gasteiger partial charge >= 0.3 is 0 Å². The predicted molar refractivity (Wildman–Crippen MR) is 75.2 cm³/mol. The van der Waals surface area contributed by atoms with Crippen LogP contribution >= 0.6 is 22.6 Å². The van der Waals surface area contributed by atoms with E-state index in [-0.39, 0.29) is 5.91 Å². The fourth-order valence-corrected chi connectivity index (χ4v) is 2.09. The van der Waals surface area contributed by atoms with Gasteiger partial charge in [-0.15, -0.1) is 10.2 Å². The van der Waals surface area contributed by atoms with Crippen LogP contribution in [0.15, 0.2) is 18.2 Å². The molecule has 0 radical (unpaired) electrons. The number of aromatic nitrogens is 2. The summed E-state index contributed by atoms with van der Waals surface area (Å²) in [6.07, 6.45) is 0. The maximum absolute atomic E-state index is 11.6. The second-order valence-electron chi connectivity index (χ2n) is 3.41. The topological polar surface area (TPSA) is 66.9 Å². The highest BCUT2D eigenvalue weighted by Gasteiger charge is 2.15. The summed E-state index contributed by atoms with van der Waals surface area (Å²) in [7, 11) is 3.34. The molecule has 2 rings (SSSR count). The van der Waals surface area contributed by atoms with Crippen LogP contribution in [0.5, 0.6) is 0 Å². The SMILES string of the molecule is CNC(=O)c1nnc2cc(I)ccc2c1NC. The predicted octanol–water partition coefficient (Wildman–Crippen LogP) is 1.64. The van der Waals surface area contributed by atoms with Crippen molar-refractivity contribution in [3.05, 3.63) is 27.5 Å². The number of hydrogen-bond acceptors (Lipinski definition) is 4. The van der Waals surface area contributed by atoms with Gasteiger partial charge in [-0.2, -0.15) is 0 Å². The van der Waals surface area contributed by atoms with Crippen LogP contribution in [0.2, 0.25) is 0 Å². The molecule has 0 saturated heterocycles. The van der Waals surface area contributed by atoms with Crippen molar-refractivity contribution in [2.24, 2.45) is 0 Å². The molecule has 6 heteroatoms. The monoisotopic (exact) mass is 342 g/mol. The van der Waals surface area contributed by atoms with Crippen molar-refractivity contribution in [3.63, 3.8) is 0 Å². The Bertz CT molecular complexity index is 585. The first kappa shape index (κ1) is 12.0. The minimum Gasteiger partial charge on any atom is -0.386 e. The van der Waals surface area contributed by atoms with E-state index in [0.717, 1.165) is 14.5 Å². The number of fused-ring (bicyclic) bond motifs is 1. The minimum absolute atomic E-state index is 0.248. The van der Waals surface area contributed by atoms with Gasteiger partial charge in [-0.05, 0) is 40.8 Å². The lowest BCUT2D eigenvalue weighted by molar-refractivity contribution is 0.0958. The van der Waals surface area contributed by atoms with Crippen LogP contribution in [0.25, 0.3) is 10.9 Å². The van der Waals surface area contributed by atoms with Crippen molar-refractivity contribution in [1.29, 1.82) is 0 Å². The Morgan fingerprint density at radius 1 is 1.29 bits per heavy atom. The van der Waals surface area contributed by atoms with Gasteiger partial charge in [0.15, 0.2) is 5.69 Å². The van der Waals surface area contributed by atoms with Crippen molar-refractivity contribution >= 4 is 45.1 Å². The van der Waals surface area contributed by atoms with E-state index >= 15 is 0 Å². The summed E-state index contributed by atoms with van der Waals surface area (Å²) in [5.41, 5.74) is 1.78. The first-order chi connectivity index (χ1) is 8.17. The van der Waals surface area contributed by atoms with Crippen molar-refractivity contribution in [3.8, 4) is 0 Å². The number of carbonyl (C=O) groups excluding carboxylic acids is 1. The van der Waals surface area contributed by atoms with Gasteiger partial charge in [0.1, 0.15) is 0 Å². The zero-order valence-electron chi connectivity index (χ0n) is 9.41. The zero-order valence-corrected chi connectivity index (χ0v) is 11.6. The number of nitrogens with zero attached hydrogens (tertiary/aromatic N) is 2. The molecule has 2 aromatic rings. The number of anilines is 1. The van der Waals surface area contributed by atoms with E-state index in [1.807, 2.05) is 18.2 Å². The third kappa shape index (κ3) is 2.17. The summed E-state index contributed by atoms with van der Waals surface area (Å²) in [5.74, 6) is -0.248. The van der Waals surface area contributed by atoms with Crippen LogP contribution in [0.3, 0.4) is 0 Å². The van der Waals surface area contributed by atoms with E-state index in [4.69, 9.17) is 0 Å². The van der Waals surface area contributed by atoms with Gasteiger partial charge in [-0.3, -0.25) is 4.79 Å². The van der Waals surface area contributed by atoms with E-state index in [2.05, 4.69) is 43.4 Å². The van der Waals surface area contributed by atoms with Gasteiger partial charge in [-0.25, -0.2) is 0 Å². The number of benzene rings is 1. The fourth-order valence-electron chi connectivity index (χ4n) is 1.61. The van der Waals surface area contributed by atoms with E-state index < -0.39 is 0 Å². The molecule has 5 nitrogen and oxygen atoms in total. The lowest BCUT2D eigenvalue weighted by Gasteiger charge is -2.09. The number of hydrogen-bond donors (Lipinski definition) is 2. The molecular weight excluding hydrogens is 331 g/mol. The molecule has 0 fully saturated rings. The largest absolute Gasteiger partial charge is 0.386 e. The van der Waals surface area contributed by atoms with E-state index in [1.54, 1.807) is 14.1 Å². The first-order valence-electron chi connectivity index (χ1n) is 5.03. The van der Waals surface area contributed by atoms with E-state index in [0.29, 0.717) is 11.4 Å². The molecule has 0 atom stereocenters. The Hall–Kier alpha value is -1.44. The zero-order chi connectivity index (χ0) is 12.4. The second-order valence-corrected chi connectivity index (χ2v) is 4.66. The van der Waals surface area contributed by atoms with Crippen molar-refractivity contribution in [2.75, 3.05) is 19.4 Å². The average molecular weight is 342 g/mol. The fraction of sp³-hybridized carbons (Fsp3) is 0.182. The Balaban J connectivity index is 2.73. The van der Waals surface area contributed by atoms with Crippen LogP contribution in [-0.2, 0) is 0 Å². The third-order valence-corrected chi connectivity index (χ3v) is 3.09. The van der Waals surface area contributed by atoms with Gasteiger partial charge in [-0.1, -0.05) is 0 Å². The number of rotatable bonds is 2. The summed E-state index contributed by atoms with van der Waals surface area (Å²) in [6.45, 7) is 0. The first-order valence-corrected chi connectivity index (χ1v) is 6.11. The molecule has 1 aromatic heterocycles. The van der Waals surface area contributed by atoms with Crippen molar-refractivity contribution in [2.45, 2.75) is 0 Å². The van der Waals surface area contributed by atoms with Gasteiger partial charge < -0.3 is 10.6 Å². The Kier molecular flexibility index (Phi) is 3.41. The highest BCUT2D eigenvalue weighted by molar-refractivity contribution is 14.1. The molecule has 0 saturated carbocycles. The summed E-state index contributed by atoms with van der Waals surface area (Å²) in [5, 5.41) is 14.5. The quantitative estimate of drug-likeness (QED) is 0.815. The van der Waals surface area contributed by atoms with Gasteiger partial charge in [0.25, 0.3) is 5.91 Å². The number of nitrogens with one attached hydrogen (secondary N) is 2. The van der Waals surface area contributed by atoms with Crippen LogP contribution < -0.4 is 10.6 Å². The highest BCUT2D eigenvalue weighted by Crippen LogP contribution is 2.25. The minimum atomic E-state index is -0.248. The summed E-state index contributed by atoms with van der Waals surface area (Å²) in [6, 6.07) is 5.83. The normalized spacial score (nSPS) is 10.3. The Labute approximate surface area is 112 Å². The standard InChI is InChI=1S/C11H11IN4O/c1-13-9-7-4-3-6(12)5-8(7)15-16-10(9)11(17)14-2/h3-5H,1-2H3,(H,13,15)(H,14,17). The molecule has 0 spiro atoms. The summed E-state index contributed by atoms with van der Waals surface area (Å²) >= 11 is 2.21. The molecule has 1 heterocycles. The smallest absolute Gasteiger partial charge is 0.273 e. The van der Waals surface area contributed by atoms with Crippen molar-refractivity contribution < 1.29 is 4.79 Å². The highest BCUT2D eigenvalue weighted by atomic mass is 127. The van der Waals surface area contributed by atoms with Crippen LogP contribution in [0, 0.1) is 3.57 Å². The molecule has 1 aromatic carbocycles. The molecular formula is C11H11IN4O. The molecule has 0 unspecified atom stereocenters. The average Bonchev–Trinajstić information content (AvgIpc) is 2.36. The molecule has 0 bridgehead atoms. The second kappa shape index (κ2) is 4.82. The molecule has 88 valence electrons. The molecule has 0 aliphatic rings. The summed E-state index contributed by atoms with van der Waals surface area (Å²) in [4.78, 5) is 11.6. The van der Waals surface area contributed by atoms with Crippen molar-refractivity contribution in [1.82, 2.24) is 15.5 Å². The Morgan fingerprint density at radius 2 is 2.06 bits per heavy atom. The molecule has 0 aliphatic heterocycles. The lowest BCUT2D eigenvalue weighted by Crippen LogP contribution is -2.21. The molecule has 1 amide bonds. The third-order valence-electron chi connectivity index (χ3n) is 2.42. The molecule has 17 heavy (non-hydrogen) atoms. The maximum Gasteiger partial charge on any atom is 0.273 e. The van der Waals surface area contributed by atoms with Gasteiger partial charge in [0.2, 0.25) is 0 Å². The van der Waals surface area contributed by atoms with Crippen LogP contribution in [0.1, 0.15) is 10.5 Å². The number of amides is 1. The number of carbonyl (C=O) groups is 1. The molecule has 0 aliphatic carbocycles. The van der Waals surface area contributed by atoms with E-state index in [9.17, 15) is 4.79 Å². The maximum atomic E-state index is 11.6. The molecule has 2 N–H and O–H groups in total. The lowest BCUT2D eigenvalue weighted by atomic mass is 10.1.